The molecule has 1 heterocycles. The topological polar surface area (TPSA) is 67.5 Å². The molecule has 0 unspecified atom stereocenters. The second-order valence-electron chi connectivity index (χ2n) is 7.45. The van der Waals surface area contributed by atoms with Crippen molar-refractivity contribution < 1.29 is 14.4 Å². The van der Waals surface area contributed by atoms with Crippen LogP contribution in [0.4, 0.5) is 0 Å². The van der Waals surface area contributed by atoms with E-state index in [1.807, 2.05) is 30.3 Å². The van der Waals surface area contributed by atoms with Crippen LogP contribution in [0.2, 0.25) is 0 Å². The summed E-state index contributed by atoms with van der Waals surface area (Å²) in [6.45, 7) is 2.57. The molecular weight excluding hydrogens is 352 g/mol. The number of hydrogen-bond acceptors (Lipinski definition) is 5. The summed E-state index contributed by atoms with van der Waals surface area (Å²) < 4.78 is 11.1. The number of nitrogens with one attached hydrogen (secondary N) is 1. The maximum atomic E-state index is 9.63. The molecule has 1 aliphatic carbocycles. The average Bonchev–Trinajstić information content (AvgIpc) is 3.38. The summed E-state index contributed by atoms with van der Waals surface area (Å²) in [6, 6.07) is 17.4. The van der Waals surface area contributed by atoms with Gasteiger partial charge in [-0.15, -0.1) is 0 Å². The molecule has 0 amide bonds. The summed E-state index contributed by atoms with van der Waals surface area (Å²) in [5, 5.41) is 17.6. The number of methoxy groups -OCH3 is 1. The lowest BCUT2D eigenvalue weighted by molar-refractivity contribution is 0.194. The number of benzene rings is 2. The number of hydrogen-bond donors (Lipinski definition) is 2. The Morgan fingerprint density at radius 1 is 1.07 bits per heavy atom. The van der Waals surface area contributed by atoms with Gasteiger partial charge in [-0.25, -0.2) is 0 Å². The lowest BCUT2D eigenvalue weighted by Gasteiger charge is -2.15. The van der Waals surface area contributed by atoms with E-state index in [0.29, 0.717) is 0 Å². The molecule has 1 aliphatic rings. The molecule has 0 saturated heterocycles. The zero-order valence-corrected chi connectivity index (χ0v) is 16.1. The van der Waals surface area contributed by atoms with E-state index in [4.69, 9.17) is 9.26 Å². The SMILES string of the molecule is COCCCNCC1(c2onc(-c3ccc(O)cc3)c2-c2ccccc2)CC1. The number of phenolic OH excluding ortho intramolecular Hbond substituents is 1. The zero-order chi connectivity index (χ0) is 19.4. The molecule has 5 heteroatoms. The van der Waals surface area contributed by atoms with Crippen LogP contribution in [0.5, 0.6) is 5.75 Å². The third-order valence-electron chi connectivity index (χ3n) is 5.40. The minimum atomic E-state index is 0.000412. The molecule has 1 fully saturated rings. The third kappa shape index (κ3) is 3.81. The van der Waals surface area contributed by atoms with E-state index in [0.717, 1.165) is 67.1 Å². The van der Waals surface area contributed by atoms with E-state index in [2.05, 4.69) is 22.6 Å². The van der Waals surface area contributed by atoms with Crippen LogP contribution in [0, 0.1) is 0 Å². The summed E-state index contributed by atoms with van der Waals surface area (Å²) in [5.74, 6) is 1.20. The van der Waals surface area contributed by atoms with Crippen molar-refractivity contribution in [3.05, 3.63) is 60.4 Å². The first-order chi connectivity index (χ1) is 13.7. The van der Waals surface area contributed by atoms with Gasteiger partial charge in [0.1, 0.15) is 11.4 Å². The van der Waals surface area contributed by atoms with Crippen molar-refractivity contribution in [2.45, 2.75) is 24.7 Å². The number of ether oxygens (including phenoxy) is 1. The van der Waals surface area contributed by atoms with Gasteiger partial charge in [-0.1, -0.05) is 35.5 Å². The fourth-order valence-corrected chi connectivity index (χ4v) is 3.65. The van der Waals surface area contributed by atoms with Gasteiger partial charge in [0.25, 0.3) is 0 Å². The van der Waals surface area contributed by atoms with Crippen molar-refractivity contribution in [3.8, 4) is 28.1 Å². The Morgan fingerprint density at radius 2 is 1.82 bits per heavy atom. The molecule has 28 heavy (non-hydrogen) atoms. The van der Waals surface area contributed by atoms with Crippen molar-refractivity contribution in [1.82, 2.24) is 10.5 Å². The summed E-state index contributed by atoms with van der Waals surface area (Å²) in [6.07, 6.45) is 3.18. The zero-order valence-electron chi connectivity index (χ0n) is 16.1. The standard InChI is InChI=1S/C23H26N2O3/c1-27-15-5-14-24-16-23(12-13-23)22-20(17-6-3-2-4-7-17)21(25-28-22)18-8-10-19(26)11-9-18/h2-4,6-11,24,26H,5,12-16H2,1H3. The van der Waals surface area contributed by atoms with Crippen molar-refractivity contribution >= 4 is 0 Å². The monoisotopic (exact) mass is 378 g/mol. The van der Waals surface area contributed by atoms with Gasteiger partial charge < -0.3 is 19.7 Å². The number of phenols is 1. The van der Waals surface area contributed by atoms with Gasteiger partial charge in [0.2, 0.25) is 0 Å². The van der Waals surface area contributed by atoms with E-state index in [-0.39, 0.29) is 11.2 Å². The van der Waals surface area contributed by atoms with Gasteiger partial charge in [0.05, 0.1) is 5.56 Å². The number of nitrogens with zero attached hydrogens (tertiary/aromatic N) is 1. The first kappa shape index (κ1) is 18.7. The van der Waals surface area contributed by atoms with Gasteiger partial charge in [0, 0.05) is 31.2 Å². The molecule has 0 radical (unpaired) electrons. The van der Waals surface area contributed by atoms with Crippen LogP contribution in [0.15, 0.2) is 59.1 Å². The normalized spacial score (nSPS) is 14.9. The Morgan fingerprint density at radius 3 is 2.50 bits per heavy atom. The molecule has 1 saturated carbocycles. The molecule has 5 nitrogen and oxygen atoms in total. The van der Waals surface area contributed by atoms with Crippen molar-refractivity contribution in [1.29, 1.82) is 0 Å². The molecule has 3 aromatic rings. The highest BCUT2D eigenvalue weighted by Crippen LogP contribution is 2.52. The van der Waals surface area contributed by atoms with Crippen LogP contribution in [0.25, 0.3) is 22.4 Å². The van der Waals surface area contributed by atoms with E-state index in [1.165, 1.54) is 0 Å². The highest BCUT2D eigenvalue weighted by atomic mass is 16.5. The Hall–Kier alpha value is -2.63. The summed E-state index contributed by atoms with van der Waals surface area (Å²) in [4.78, 5) is 0. The first-order valence-corrected chi connectivity index (χ1v) is 9.78. The van der Waals surface area contributed by atoms with Gasteiger partial charge in [-0.2, -0.15) is 0 Å². The Balaban J connectivity index is 1.67. The fourth-order valence-electron chi connectivity index (χ4n) is 3.65. The molecule has 2 N–H and O–H groups in total. The third-order valence-corrected chi connectivity index (χ3v) is 5.40. The predicted octanol–water partition coefficient (Wildman–Crippen LogP) is 4.37. The van der Waals surface area contributed by atoms with Crippen molar-refractivity contribution in [3.63, 3.8) is 0 Å². The van der Waals surface area contributed by atoms with Gasteiger partial charge >= 0.3 is 0 Å². The second-order valence-corrected chi connectivity index (χ2v) is 7.45. The Labute approximate surface area is 165 Å². The highest BCUT2D eigenvalue weighted by Gasteiger charge is 2.49. The Kier molecular flexibility index (Phi) is 5.46. The van der Waals surface area contributed by atoms with Crippen LogP contribution < -0.4 is 5.32 Å². The fraction of sp³-hybridized carbons (Fsp3) is 0.348. The molecular formula is C23H26N2O3. The minimum Gasteiger partial charge on any atom is -0.508 e. The largest absolute Gasteiger partial charge is 0.508 e. The van der Waals surface area contributed by atoms with Gasteiger partial charge in [-0.3, -0.25) is 0 Å². The highest BCUT2D eigenvalue weighted by molar-refractivity contribution is 5.83. The van der Waals surface area contributed by atoms with Crippen LogP contribution in [-0.2, 0) is 10.2 Å². The second kappa shape index (κ2) is 8.17. The number of aromatic nitrogens is 1. The molecule has 0 spiro atoms. The summed E-state index contributed by atoms with van der Waals surface area (Å²) in [5.41, 5.74) is 3.93. The quantitative estimate of drug-likeness (QED) is 0.541. The van der Waals surface area contributed by atoms with Gasteiger partial charge in [-0.05, 0) is 55.6 Å². The van der Waals surface area contributed by atoms with Crippen LogP contribution in [0.1, 0.15) is 25.0 Å². The predicted molar refractivity (Wildman–Crippen MR) is 109 cm³/mol. The van der Waals surface area contributed by atoms with Crippen LogP contribution in [0.3, 0.4) is 0 Å². The summed E-state index contributed by atoms with van der Waals surface area (Å²) in [7, 11) is 1.73. The van der Waals surface area contributed by atoms with Crippen molar-refractivity contribution in [2.75, 3.05) is 26.8 Å². The number of rotatable bonds is 9. The maximum absolute atomic E-state index is 9.63. The molecule has 146 valence electrons. The smallest absolute Gasteiger partial charge is 0.152 e. The van der Waals surface area contributed by atoms with E-state index >= 15 is 0 Å². The molecule has 1 aromatic heterocycles. The van der Waals surface area contributed by atoms with E-state index in [1.54, 1.807) is 19.2 Å². The lowest BCUT2D eigenvalue weighted by atomic mass is 9.92. The van der Waals surface area contributed by atoms with E-state index < -0.39 is 0 Å². The van der Waals surface area contributed by atoms with Crippen LogP contribution >= 0.6 is 0 Å². The number of aromatic hydroxyl groups is 1. The first-order valence-electron chi connectivity index (χ1n) is 9.78. The van der Waals surface area contributed by atoms with Crippen LogP contribution in [-0.4, -0.2) is 37.1 Å². The molecule has 0 atom stereocenters. The minimum absolute atomic E-state index is 0.000412. The molecule has 0 bridgehead atoms. The lowest BCUT2D eigenvalue weighted by Crippen LogP contribution is -2.28. The average molecular weight is 378 g/mol. The maximum Gasteiger partial charge on any atom is 0.152 e. The Bertz CT molecular complexity index is 899. The summed E-state index contributed by atoms with van der Waals surface area (Å²) >= 11 is 0. The van der Waals surface area contributed by atoms with Gasteiger partial charge in [0.15, 0.2) is 5.76 Å². The van der Waals surface area contributed by atoms with Crippen molar-refractivity contribution in [2.24, 2.45) is 0 Å². The van der Waals surface area contributed by atoms with E-state index in [9.17, 15) is 5.11 Å². The molecule has 2 aromatic carbocycles. The molecule has 0 aliphatic heterocycles. The molecule has 4 rings (SSSR count).